The van der Waals surface area contributed by atoms with E-state index in [1.807, 2.05) is 17.8 Å². The first kappa shape index (κ1) is 14.0. The highest BCUT2D eigenvalue weighted by atomic mass is 35.5. The van der Waals surface area contributed by atoms with Crippen LogP contribution in [-0.2, 0) is 0 Å². The minimum Gasteiger partial charge on any atom is -0.493 e. The van der Waals surface area contributed by atoms with Crippen molar-refractivity contribution < 1.29 is 9.15 Å². The van der Waals surface area contributed by atoms with Gasteiger partial charge in [-0.25, -0.2) is 0 Å². The molecule has 5 nitrogen and oxygen atoms in total. The van der Waals surface area contributed by atoms with Crippen molar-refractivity contribution >= 4 is 11.6 Å². The Kier molecular flexibility index (Phi) is 4.17. The molecule has 0 fully saturated rings. The van der Waals surface area contributed by atoms with Gasteiger partial charge in [-0.2, -0.15) is 5.10 Å². The lowest BCUT2D eigenvalue weighted by Crippen LogP contribution is -2.22. The summed E-state index contributed by atoms with van der Waals surface area (Å²) in [5.41, 5.74) is 0.922. The van der Waals surface area contributed by atoms with Gasteiger partial charge >= 0.3 is 0 Å². The van der Waals surface area contributed by atoms with Crippen LogP contribution in [-0.4, -0.2) is 23.9 Å². The SMILES string of the molecule is CNC(c1ccc(Cl)o1)c1c(OC)cnn1C(C)C. The summed E-state index contributed by atoms with van der Waals surface area (Å²) in [6.07, 6.45) is 1.71. The molecule has 19 heavy (non-hydrogen) atoms. The molecule has 0 aliphatic heterocycles. The number of aromatic nitrogens is 2. The van der Waals surface area contributed by atoms with Crippen LogP contribution < -0.4 is 10.1 Å². The van der Waals surface area contributed by atoms with Gasteiger partial charge in [0.2, 0.25) is 0 Å². The highest BCUT2D eigenvalue weighted by molar-refractivity contribution is 6.28. The molecule has 0 bridgehead atoms. The molecule has 0 spiro atoms. The van der Waals surface area contributed by atoms with Crippen molar-refractivity contribution in [3.8, 4) is 5.75 Å². The fraction of sp³-hybridized carbons (Fsp3) is 0.462. The zero-order chi connectivity index (χ0) is 14.0. The van der Waals surface area contributed by atoms with E-state index in [2.05, 4.69) is 24.3 Å². The van der Waals surface area contributed by atoms with Crippen LogP contribution >= 0.6 is 11.6 Å². The van der Waals surface area contributed by atoms with Crippen LogP contribution in [0.3, 0.4) is 0 Å². The Balaban J connectivity index is 2.50. The van der Waals surface area contributed by atoms with E-state index in [-0.39, 0.29) is 12.1 Å². The Morgan fingerprint density at radius 2 is 2.16 bits per heavy atom. The molecule has 1 unspecified atom stereocenters. The first-order valence-electron chi connectivity index (χ1n) is 6.12. The lowest BCUT2D eigenvalue weighted by molar-refractivity contribution is 0.382. The maximum atomic E-state index is 5.85. The summed E-state index contributed by atoms with van der Waals surface area (Å²) in [5, 5.41) is 7.94. The fourth-order valence-corrected chi connectivity index (χ4v) is 2.25. The molecule has 2 heterocycles. The molecule has 0 saturated heterocycles. The second kappa shape index (κ2) is 5.67. The van der Waals surface area contributed by atoms with Crippen molar-refractivity contribution in [2.24, 2.45) is 0 Å². The Labute approximate surface area is 117 Å². The van der Waals surface area contributed by atoms with Crippen LogP contribution in [0.5, 0.6) is 5.75 Å². The van der Waals surface area contributed by atoms with Crippen molar-refractivity contribution in [2.45, 2.75) is 25.9 Å². The van der Waals surface area contributed by atoms with E-state index in [1.165, 1.54) is 0 Å². The maximum absolute atomic E-state index is 5.85. The Hall–Kier alpha value is -1.46. The molecule has 1 N–H and O–H groups in total. The number of halogens is 1. The van der Waals surface area contributed by atoms with Gasteiger partial charge in [-0.3, -0.25) is 4.68 Å². The van der Waals surface area contributed by atoms with Gasteiger partial charge < -0.3 is 14.5 Å². The molecule has 0 aliphatic carbocycles. The van der Waals surface area contributed by atoms with E-state index in [1.54, 1.807) is 19.4 Å². The predicted molar refractivity (Wildman–Crippen MR) is 73.8 cm³/mol. The molecular formula is C13H18ClN3O2. The normalized spacial score (nSPS) is 12.9. The van der Waals surface area contributed by atoms with E-state index in [0.29, 0.717) is 5.22 Å². The molecule has 0 aliphatic rings. The minimum absolute atomic E-state index is 0.160. The maximum Gasteiger partial charge on any atom is 0.193 e. The zero-order valence-corrected chi connectivity index (χ0v) is 12.2. The lowest BCUT2D eigenvalue weighted by atomic mass is 10.1. The van der Waals surface area contributed by atoms with Crippen LogP contribution in [0.15, 0.2) is 22.7 Å². The lowest BCUT2D eigenvalue weighted by Gasteiger charge is -2.19. The second-order valence-corrected chi connectivity index (χ2v) is 4.87. The van der Waals surface area contributed by atoms with E-state index < -0.39 is 0 Å². The molecule has 0 amide bonds. The van der Waals surface area contributed by atoms with Crippen LogP contribution in [0, 0.1) is 0 Å². The molecule has 6 heteroatoms. The molecule has 2 aromatic heterocycles. The number of nitrogens with zero attached hydrogens (tertiary/aromatic N) is 2. The van der Waals surface area contributed by atoms with Crippen LogP contribution in [0.2, 0.25) is 5.22 Å². The molecule has 1 atom stereocenters. The van der Waals surface area contributed by atoms with E-state index in [9.17, 15) is 0 Å². The van der Waals surface area contributed by atoms with E-state index >= 15 is 0 Å². The summed E-state index contributed by atoms with van der Waals surface area (Å²) >= 11 is 5.85. The monoisotopic (exact) mass is 283 g/mol. The second-order valence-electron chi connectivity index (χ2n) is 4.50. The van der Waals surface area contributed by atoms with Crippen molar-refractivity contribution in [3.63, 3.8) is 0 Å². The number of nitrogens with one attached hydrogen (secondary N) is 1. The minimum atomic E-state index is -0.160. The topological polar surface area (TPSA) is 52.2 Å². The summed E-state index contributed by atoms with van der Waals surface area (Å²) in [6, 6.07) is 3.64. The van der Waals surface area contributed by atoms with Gasteiger partial charge in [0.1, 0.15) is 17.5 Å². The van der Waals surface area contributed by atoms with E-state index in [4.69, 9.17) is 20.8 Å². The van der Waals surface area contributed by atoms with Crippen molar-refractivity contribution in [1.29, 1.82) is 0 Å². The zero-order valence-electron chi connectivity index (χ0n) is 11.5. The molecule has 0 radical (unpaired) electrons. The van der Waals surface area contributed by atoms with Gasteiger partial charge in [0, 0.05) is 6.04 Å². The third-order valence-corrected chi connectivity index (χ3v) is 3.15. The smallest absolute Gasteiger partial charge is 0.193 e. The molecule has 2 aromatic rings. The average molecular weight is 284 g/mol. The van der Waals surface area contributed by atoms with Crippen LogP contribution in [0.4, 0.5) is 0 Å². The standard InChI is InChI=1S/C13H18ClN3O2/c1-8(2)17-13(10(18-4)7-16-17)12(15-3)9-5-6-11(14)19-9/h5-8,12,15H,1-4H3. The molecule has 0 saturated carbocycles. The number of hydrogen-bond donors (Lipinski definition) is 1. The van der Waals surface area contributed by atoms with Crippen molar-refractivity contribution in [1.82, 2.24) is 15.1 Å². The predicted octanol–water partition coefficient (Wildman–Crippen LogP) is 3.03. The Morgan fingerprint density at radius 3 is 2.63 bits per heavy atom. The first-order chi connectivity index (χ1) is 9.08. The number of methoxy groups -OCH3 is 1. The highest BCUT2D eigenvalue weighted by Gasteiger charge is 2.25. The summed E-state index contributed by atoms with van der Waals surface area (Å²) in [5.74, 6) is 1.45. The quantitative estimate of drug-likeness (QED) is 0.916. The summed E-state index contributed by atoms with van der Waals surface area (Å²) < 4.78 is 12.8. The van der Waals surface area contributed by atoms with Gasteiger partial charge in [0.15, 0.2) is 11.0 Å². The summed E-state index contributed by atoms with van der Waals surface area (Å²) in [7, 11) is 3.49. The van der Waals surface area contributed by atoms with Gasteiger partial charge in [0.25, 0.3) is 0 Å². The van der Waals surface area contributed by atoms with E-state index in [0.717, 1.165) is 17.2 Å². The largest absolute Gasteiger partial charge is 0.493 e. The molecule has 104 valence electrons. The number of hydrogen-bond acceptors (Lipinski definition) is 4. The number of ether oxygens (including phenoxy) is 1. The summed E-state index contributed by atoms with van der Waals surface area (Å²) in [6.45, 7) is 4.13. The fourth-order valence-electron chi connectivity index (χ4n) is 2.10. The highest BCUT2D eigenvalue weighted by Crippen LogP contribution is 2.33. The number of furan rings is 1. The van der Waals surface area contributed by atoms with Gasteiger partial charge in [-0.15, -0.1) is 0 Å². The van der Waals surface area contributed by atoms with Gasteiger partial charge in [-0.05, 0) is 44.6 Å². The third-order valence-electron chi connectivity index (χ3n) is 2.95. The molecule has 2 rings (SSSR count). The van der Waals surface area contributed by atoms with Crippen LogP contribution in [0.25, 0.3) is 0 Å². The van der Waals surface area contributed by atoms with Crippen molar-refractivity contribution in [3.05, 3.63) is 35.0 Å². The Morgan fingerprint density at radius 1 is 1.42 bits per heavy atom. The first-order valence-corrected chi connectivity index (χ1v) is 6.50. The Bertz CT molecular complexity index is 548. The molecular weight excluding hydrogens is 266 g/mol. The average Bonchev–Trinajstić information content (AvgIpc) is 2.97. The summed E-state index contributed by atoms with van der Waals surface area (Å²) in [4.78, 5) is 0. The van der Waals surface area contributed by atoms with Crippen LogP contribution in [0.1, 0.15) is 37.4 Å². The molecule has 0 aromatic carbocycles. The third kappa shape index (κ3) is 2.62. The number of rotatable bonds is 5. The van der Waals surface area contributed by atoms with Gasteiger partial charge in [0.05, 0.1) is 13.3 Å². The van der Waals surface area contributed by atoms with Gasteiger partial charge in [-0.1, -0.05) is 0 Å². The van der Waals surface area contributed by atoms with Crippen molar-refractivity contribution in [2.75, 3.05) is 14.2 Å².